The summed E-state index contributed by atoms with van der Waals surface area (Å²) in [7, 11) is 0. The Morgan fingerprint density at radius 3 is 1.94 bits per heavy atom. The first-order valence-corrected chi connectivity index (χ1v) is 13.2. The van der Waals surface area contributed by atoms with Crippen LogP contribution in [0.3, 0.4) is 0 Å². The lowest BCUT2D eigenvalue weighted by molar-refractivity contribution is -0.151. The number of carbonyl (C=O) groups is 2. The molecule has 34 heavy (non-hydrogen) atoms. The van der Waals surface area contributed by atoms with Gasteiger partial charge in [0.1, 0.15) is 12.4 Å². The van der Waals surface area contributed by atoms with Gasteiger partial charge in [0.05, 0.1) is 6.61 Å². The largest absolute Gasteiger partial charge is 0.464 e. The van der Waals surface area contributed by atoms with Crippen LogP contribution in [-0.4, -0.2) is 18.7 Å². The first-order chi connectivity index (χ1) is 16.4. The van der Waals surface area contributed by atoms with Crippen molar-refractivity contribution in [1.29, 1.82) is 0 Å². The molecule has 1 amide bonds. The fourth-order valence-electron chi connectivity index (χ4n) is 3.14. The predicted molar refractivity (Wildman–Crippen MR) is 129 cm³/mol. The number of esters is 1. The van der Waals surface area contributed by atoms with Crippen molar-refractivity contribution in [1.82, 2.24) is 5.32 Å². The van der Waals surface area contributed by atoms with Gasteiger partial charge in [-0.05, 0) is 34.9 Å². The SMILES string of the molecule is CCOC(=O)[C@H](OP(=O)(Cl)[C@@H](NC(=O)OCc1ccccc1)c1ccccc1)c1ccccc1. The zero-order valence-corrected chi connectivity index (χ0v) is 20.2. The van der Waals surface area contributed by atoms with E-state index in [9.17, 15) is 14.2 Å². The molecule has 0 saturated carbocycles. The predicted octanol–water partition coefficient (Wildman–Crippen LogP) is 6.36. The molecular formula is C25H25ClNO6P. The summed E-state index contributed by atoms with van der Waals surface area (Å²) in [5.41, 5.74) is 1.62. The third-order valence-corrected chi connectivity index (χ3v) is 7.11. The van der Waals surface area contributed by atoms with Crippen molar-refractivity contribution in [3.63, 3.8) is 0 Å². The van der Waals surface area contributed by atoms with Crippen LogP contribution >= 0.6 is 18.0 Å². The minimum Gasteiger partial charge on any atom is -0.464 e. The maximum atomic E-state index is 13.7. The highest BCUT2D eigenvalue weighted by molar-refractivity contribution is 7.85. The molecule has 0 saturated heterocycles. The molecule has 0 aromatic heterocycles. The molecule has 9 heteroatoms. The fraction of sp³-hybridized carbons (Fsp3) is 0.200. The van der Waals surface area contributed by atoms with Crippen LogP contribution in [0.4, 0.5) is 4.79 Å². The summed E-state index contributed by atoms with van der Waals surface area (Å²) in [5.74, 6) is -2.02. The van der Waals surface area contributed by atoms with Crippen LogP contribution < -0.4 is 5.32 Å². The fourth-order valence-corrected chi connectivity index (χ4v) is 5.27. The molecule has 3 atom stereocenters. The molecule has 3 aromatic carbocycles. The van der Waals surface area contributed by atoms with Crippen LogP contribution in [0.2, 0.25) is 0 Å². The Balaban J connectivity index is 1.84. The number of carbonyl (C=O) groups excluding carboxylic acids is 2. The number of rotatable bonds is 10. The number of halogens is 1. The Kier molecular flexibility index (Phi) is 9.28. The topological polar surface area (TPSA) is 90.9 Å². The smallest absolute Gasteiger partial charge is 0.408 e. The van der Waals surface area contributed by atoms with Crippen LogP contribution in [0.1, 0.15) is 35.5 Å². The average Bonchev–Trinajstić information content (AvgIpc) is 2.86. The van der Waals surface area contributed by atoms with Gasteiger partial charge in [0.2, 0.25) is 0 Å². The number of alkyl carbamates (subject to hydrolysis) is 1. The Morgan fingerprint density at radius 2 is 1.38 bits per heavy atom. The maximum Gasteiger partial charge on any atom is 0.408 e. The minimum absolute atomic E-state index is 0.0110. The van der Waals surface area contributed by atoms with E-state index in [1.807, 2.05) is 18.2 Å². The molecule has 0 aliphatic carbocycles. The highest BCUT2D eigenvalue weighted by atomic mass is 35.7. The third-order valence-electron chi connectivity index (χ3n) is 4.74. The number of ether oxygens (including phenoxy) is 2. The zero-order valence-electron chi connectivity index (χ0n) is 18.5. The summed E-state index contributed by atoms with van der Waals surface area (Å²) in [6, 6.07) is 26.0. The van der Waals surface area contributed by atoms with Crippen molar-refractivity contribution in [2.45, 2.75) is 25.4 Å². The number of benzene rings is 3. The van der Waals surface area contributed by atoms with E-state index in [1.54, 1.807) is 79.7 Å². The highest BCUT2D eigenvalue weighted by Gasteiger charge is 2.40. The van der Waals surface area contributed by atoms with Crippen molar-refractivity contribution >= 4 is 30.0 Å². The lowest BCUT2D eigenvalue weighted by Gasteiger charge is -2.27. The molecule has 178 valence electrons. The second-order valence-electron chi connectivity index (χ2n) is 7.19. The van der Waals surface area contributed by atoms with Crippen LogP contribution in [0.15, 0.2) is 91.0 Å². The summed E-state index contributed by atoms with van der Waals surface area (Å²) in [6.45, 7) is -2.45. The van der Waals surface area contributed by atoms with E-state index in [-0.39, 0.29) is 13.2 Å². The van der Waals surface area contributed by atoms with Gasteiger partial charge < -0.3 is 14.8 Å². The average molecular weight is 502 g/mol. The van der Waals surface area contributed by atoms with Gasteiger partial charge in [-0.2, -0.15) is 0 Å². The van der Waals surface area contributed by atoms with Gasteiger partial charge in [-0.25, -0.2) is 9.59 Å². The highest BCUT2D eigenvalue weighted by Crippen LogP contribution is 2.65. The van der Waals surface area contributed by atoms with Gasteiger partial charge in [0.15, 0.2) is 6.10 Å². The van der Waals surface area contributed by atoms with Crippen LogP contribution in [0.25, 0.3) is 0 Å². The molecule has 7 nitrogen and oxygen atoms in total. The van der Waals surface area contributed by atoms with Gasteiger partial charge in [0.25, 0.3) is 0 Å². The molecule has 0 aliphatic rings. The van der Waals surface area contributed by atoms with E-state index in [0.717, 1.165) is 5.56 Å². The molecule has 0 aliphatic heterocycles. The number of nitrogens with one attached hydrogen (secondary N) is 1. The van der Waals surface area contributed by atoms with Crippen LogP contribution in [-0.2, 0) is 30.0 Å². The van der Waals surface area contributed by atoms with Crippen molar-refractivity contribution in [2.75, 3.05) is 6.61 Å². The second-order valence-corrected chi connectivity index (χ2v) is 10.4. The van der Waals surface area contributed by atoms with Crippen molar-refractivity contribution < 1.29 is 28.2 Å². The van der Waals surface area contributed by atoms with Crippen molar-refractivity contribution in [2.24, 2.45) is 0 Å². The molecule has 1 N–H and O–H groups in total. The first-order valence-electron chi connectivity index (χ1n) is 10.6. The summed E-state index contributed by atoms with van der Waals surface area (Å²) in [6.07, 6.45) is -2.19. The Morgan fingerprint density at radius 1 is 0.853 bits per heavy atom. The zero-order chi connectivity index (χ0) is 24.4. The van der Waals surface area contributed by atoms with E-state index in [2.05, 4.69) is 5.32 Å². The van der Waals surface area contributed by atoms with Gasteiger partial charge in [-0.1, -0.05) is 91.0 Å². The van der Waals surface area contributed by atoms with E-state index >= 15 is 0 Å². The van der Waals surface area contributed by atoms with E-state index in [0.29, 0.717) is 11.1 Å². The van der Waals surface area contributed by atoms with Gasteiger partial charge in [-0.3, -0.25) is 9.09 Å². The normalized spacial score (nSPS) is 14.3. The molecule has 0 radical (unpaired) electrons. The van der Waals surface area contributed by atoms with Gasteiger partial charge >= 0.3 is 18.8 Å². The van der Waals surface area contributed by atoms with E-state index in [4.69, 9.17) is 25.2 Å². The standard InChI is InChI=1S/C25H25ClNO6P/c1-2-31-24(28)22(20-14-8-4-9-15-20)33-34(26,30)23(21-16-10-5-11-17-21)27-25(29)32-18-19-12-6-3-7-13-19/h3-17,22-23H,2,18H2,1H3,(H,27,29)/t22-,23-,34?/m1/s1. The Hall–Kier alpha value is -3.12. The molecule has 0 spiro atoms. The summed E-state index contributed by atoms with van der Waals surface area (Å²) in [4.78, 5) is 25.2. The Labute approximate surface area is 203 Å². The minimum atomic E-state index is -4.21. The molecule has 3 aromatic rings. The van der Waals surface area contributed by atoms with Crippen LogP contribution in [0.5, 0.6) is 0 Å². The van der Waals surface area contributed by atoms with E-state index in [1.165, 1.54) is 0 Å². The quantitative estimate of drug-likeness (QED) is 0.256. The van der Waals surface area contributed by atoms with Crippen LogP contribution in [0, 0.1) is 0 Å². The first kappa shape index (κ1) is 25.5. The lowest BCUT2D eigenvalue weighted by atomic mass is 10.1. The monoisotopic (exact) mass is 501 g/mol. The summed E-state index contributed by atoms with van der Waals surface area (Å²) >= 11 is 6.44. The number of amides is 1. The van der Waals surface area contributed by atoms with E-state index < -0.39 is 30.7 Å². The molecule has 0 fully saturated rings. The van der Waals surface area contributed by atoms with Gasteiger partial charge in [-0.15, -0.1) is 0 Å². The van der Waals surface area contributed by atoms with Crippen molar-refractivity contribution in [3.05, 3.63) is 108 Å². The number of hydrogen-bond donors (Lipinski definition) is 1. The number of hydrogen-bond acceptors (Lipinski definition) is 6. The summed E-state index contributed by atoms with van der Waals surface area (Å²) < 4.78 is 29.8. The lowest BCUT2D eigenvalue weighted by Crippen LogP contribution is -2.29. The molecular weight excluding hydrogens is 477 g/mol. The Bertz CT molecular complexity index is 1110. The third kappa shape index (κ3) is 7.19. The molecule has 0 bridgehead atoms. The van der Waals surface area contributed by atoms with Crippen molar-refractivity contribution in [3.8, 4) is 0 Å². The summed E-state index contributed by atoms with van der Waals surface area (Å²) in [5, 5.41) is 2.54. The molecule has 1 unspecified atom stereocenters. The van der Waals surface area contributed by atoms with Gasteiger partial charge in [0, 0.05) is 0 Å². The maximum absolute atomic E-state index is 13.7. The second kappa shape index (κ2) is 12.4. The molecule has 3 rings (SSSR count). The molecule has 0 heterocycles.